The number of urea groups is 1. The molecule has 2 N–H and O–H groups in total. The molecule has 7 heteroatoms. The Hall–Kier alpha value is -3.08. The molecule has 2 amide bonds. The van der Waals surface area contributed by atoms with Gasteiger partial charge in [-0.1, -0.05) is 25.3 Å². The molecule has 2 aliphatic heterocycles. The molecular formula is C27H34N4O3. The number of nitrogens with one attached hydrogen (secondary N) is 1. The molecule has 1 aromatic heterocycles. The van der Waals surface area contributed by atoms with Crippen LogP contribution in [0, 0.1) is 24.7 Å². The van der Waals surface area contributed by atoms with Crippen molar-refractivity contribution in [1.82, 2.24) is 9.88 Å². The molecule has 180 valence electrons. The van der Waals surface area contributed by atoms with Gasteiger partial charge >= 0.3 is 6.03 Å². The molecule has 7 nitrogen and oxygen atoms in total. The van der Waals surface area contributed by atoms with Gasteiger partial charge < -0.3 is 25.0 Å². The summed E-state index contributed by atoms with van der Waals surface area (Å²) in [7, 11) is 0. The van der Waals surface area contributed by atoms with Crippen LogP contribution in [-0.2, 0) is 4.74 Å². The average Bonchev–Trinajstić information content (AvgIpc) is 3.34. The quantitative estimate of drug-likeness (QED) is 0.674. The van der Waals surface area contributed by atoms with Crippen molar-refractivity contribution in [3.63, 3.8) is 0 Å². The van der Waals surface area contributed by atoms with Crippen LogP contribution in [0.4, 0.5) is 16.3 Å². The molecule has 1 aromatic carbocycles. The van der Waals surface area contributed by atoms with Crippen molar-refractivity contribution in [3.8, 4) is 23.0 Å². The van der Waals surface area contributed by atoms with E-state index >= 15 is 0 Å². The fraction of sp³-hybridized carbons (Fsp3) is 0.481. The van der Waals surface area contributed by atoms with Crippen LogP contribution in [0.2, 0.25) is 0 Å². The first kappa shape index (κ1) is 24.1. The van der Waals surface area contributed by atoms with E-state index in [0.29, 0.717) is 24.8 Å². The first-order valence-electron chi connectivity index (χ1n) is 12.1. The number of benzene rings is 1. The number of nitrogens with zero attached hydrogens (tertiary/aromatic N) is 3. The van der Waals surface area contributed by atoms with Gasteiger partial charge in [0.2, 0.25) is 0 Å². The summed E-state index contributed by atoms with van der Waals surface area (Å²) in [5, 5.41) is 12.7. The van der Waals surface area contributed by atoms with E-state index in [1.165, 1.54) is 0 Å². The van der Waals surface area contributed by atoms with Crippen LogP contribution in [-0.4, -0.2) is 66.5 Å². The van der Waals surface area contributed by atoms with Crippen LogP contribution in [0.1, 0.15) is 37.9 Å². The molecule has 2 aliphatic rings. The Balaban J connectivity index is 1.64. The van der Waals surface area contributed by atoms with Gasteiger partial charge in [-0.25, -0.2) is 9.78 Å². The Kier molecular flexibility index (Phi) is 7.71. The summed E-state index contributed by atoms with van der Waals surface area (Å²) in [6, 6.07) is 9.96. The zero-order valence-corrected chi connectivity index (χ0v) is 20.3. The third kappa shape index (κ3) is 5.88. The lowest BCUT2D eigenvalue weighted by Gasteiger charge is -2.28. The maximum atomic E-state index is 12.8. The van der Waals surface area contributed by atoms with Gasteiger partial charge in [0.25, 0.3) is 0 Å². The van der Waals surface area contributed by atoms with Gasteiger partial charge in [-0.15, -0.1) is 0 Å². The Labute approximate surface area is 202 Å². The first-order chi connectivity index (χ1) is 16.4. The zero-order chi connectivity index (χ0) is 24.1. The number of aryl methyl sites for hydroxylation is 1. The van der Waals surface area contributed by atoms with Gasteiger partial charge in [0.1, 0.15) is 17.6 Å². The van der Waals surface area contributed by atoms with E-state index in [1.54, 1.807) is 6.92 Å². The van der Waals surface area contributed by atoms with Crippen LogP contribution in [0.25, 0.3) is 11.1 Å². The number of ether oxygens (including phenoxy) is 1. The minimum atomic E-state index is -0.726. The van der Waals surface area contributed by atoms with E-state index in [-0.39, 0.29) is 6.03 Å². The van der Waals surface area contributed by atoms with E-state index in [1.807, 2.05) is 29.2 Å². The minimum Gasteiger partial charge on any atom is -0.381 e. The van der Waals surface area contributed by atoms with Gasteiger partial charge in [-0.3, -0.25) is 0 Å². The largest absolute Gasteiger partial charge is 0.381 e. The number of aliphatic hydroxyl groups is 1. The van der Waals surface area contributed by atoms with E-state index in [2.05, 4.69) is 42.0 Å². The smallest absolute Gasteiger partial charge is 0.321 e. The van der Waals surface area contributed by atoms with Gasteiger partial charge in [0.05, 0.1) is 13.2 Å². The van der Waals surface area contributed by atoms with Crippen LogP contribution in [0.15, 0.2) is 30.3 Å². The number of aliphatic hydroxyl groups excluding tert-OH is 1. The van der Waals surface area contributed by atoms with Gasteiger partial charge in [0.15, 0.2) is 0 Å². The van der Waals surface area contributed by atoms with E-state index in [4.69, 9.17) is 9.72 Å². The molecule has 34 heavy (non-hydrogen) atoms. The second-order valence-corrected chi connectivity index (χ2v) is 9.11. The van der Waals surface area contributed by atoms with Crippen LogP contribution >= 0.6 is 0 Å². The highest BCUT2D eigenvalue weighted by molar-refractivity contribution is 5.90. The van der Waals surface area contributed by atoms with Gasteiger partial charge in [-0.05, 0) is 73.1 Å². The highest BCUT2D eigenvalue weighted by atomic mass is 16.5. The highest BCUT2D eigenvalue weighted by Crippen LogP contribution is 2.30. The summed E-state index contributed by atoms with van der Waals surface area (Å²) in [5.74, 6) is 7.23. The van der Waals surface area contributed by atoms with Crippen molar-refractivity contribution >= 4 is 17.5 Å². The lowest BCUT2D eigenvalue weighted by molar-refractivity contribution is 0.122. The van der Waals surface area contributed by atoms with Crippen molar-refractivity contribution in [2.45, 2.75) is 39.7 Å². The Morgan fingerprint density at radius 1 is 1.26 bits per heavy atom. The Morgan fingerprint density at radius 3 is 2.76 bits per heavy atom. The number of likely N-dealkylation sites (tertiary alicyclic amines) is 1. The summed E-state index contributed by atoms with van der Waals surface area (Å²) in [5.41, 5.74) is 4.47. The molecule has 2 fully saturated rings. The Morgan fingerprint density at radius 2 is 2.06 bits per heavy atom. The second kappa shape index (κ2) is 10.9. The molecule has 0 radical (unpaired) electrons. The number of aromatic nitrogens is 1. The van der Waals surface area contributed by atoms with Crippen LogP contribution in [0.5, 0.6) is 0 Å². The summed E-state index contributed by atoms with van der Waals surface area (Å²) >= 11 is 0. The van der Waals surface area contributed by atoms with Crippen molar-refractivity contribution in [2.24, 2.45) is 5.92 Å². The summed E-state index contributed by atoms with van der Waals surface area (Å²) in [4.78, 5) is 21.6. The van der Waals surface area contributed by atoms with Gasteiger partial charge in [-0.2, -0.15) is 0 Å². The fourth-order valence-electron chi connectivity index (χ4n) is 4.43. The topological polar surface area (TPSA) is 77.9 Å². The predicted molar refractivity (Wildman–Crippen MR) is 135 cm³/mol. The maximum Gasteiger partial charge on any atom is 0.321 e. The number of rotatable bonds is 4. The molecule has 2 aromatic rings. The molecule has 4 rings (SSSR count). The number of hydrogen-bond donors (Lipinski definition) is 2. The maximum absolute atomic E-state index is 12.8. The third-order valence-corrected chi connectivity index (χ3v) is 6.51. The van der Waals surface area contributed by atoms with Crippen molar-refractivity contribution in [1.29, 1.82) is 0 Å². The lowest BCUT2D eigenvalue weighted by atomic mass is 9.99. The van der Waals surface area contributed by atoms with E-state index in [0.717, 1.165) is 67.2 Å². The summed E-state index contributed by atoms with van der Waals surface area (Å²) < 4.78 is 5.50. The number of hydrogen-bond acceptors (Lipinski definition) is 5. The molecule has 2 saturated heterocycles. The molecule has 0 saturated carbocycles. The van der Waals surface area contributed by atoms with E-state index < -0.39 is 6.10 Å². The van der Waals surface area contributed by atoms with Crippen molar-refractivity contribution in [2.75, 3.05) is 49.6 Å². The zero-order valence-electron chi connectivity index (χ0n) is 20.3. The lowest BCUT2D eigenvalue weighted by Crippen LogP contribution is -2.36. The number of morpholine rings is 1. The SMILES string of the molecule is CC[C@@H]1CCN(C(=O)Nc2ccc(C)c(-c3cc(C#C[C@@H](C)O)nc(N4CCOCC4)c3)c2)C1. The van der Waals surface area contributed by atoms with Crippen LogP contribution in [0.3, 0.4) is 0 Å². The number of carbonyl (C=O) groups excluding carboxylic acids is 1. The second-order valence-electron chi connectivity index (χ2n) is 9.11. The summed E-state index contributed by atoms with van der Waals surface area (Å²) in [6.07, 6.45) is 1.45. The third-order valence-electron chi connectivity index (χ3n) is 6.51. The fourth-order valence-corrected chi connectivity index (χ4v) is 4.43. The van der Waals surface area contributed by atoms with E-state index in [9.17, 15) is 9.90 Å². The van der Waals surface area contributed by atoms with Crippen molar-refractivity contribution < 1.29 is 14.6 Å². The Bertz CT molecular complexity index is 1080. The average molecular weight is 463 g/mol. The summed E-state index contributed by atoms with van der Waals surface area (Å²) in [6.45, 7) is 10.4. The monoisotopic (exact) mass is 462 g/mol. The molecule has 0 spiro atoms. The molecular weight excluding hydrogens is 428 g/mol. The molecule has 2 atom stereocenters. The number of anilines is 2. The highest BCUT2D eigenvalue weighted by Gasteiger charge is 2.25. The van der Waals surface area contributed by atoms with Gasteiger partial charge in [0, 0.05) is 31.9 Å². The minimum absolute atomic E-state index is 0.0435. The molecule has 0 unspecified atom stereocenters. The molecule has 0 bridgehead atoms. The number of carbonyl (C=O) groups is 1. The standard InChI is InChI=1S/C27H34N4O3/c1-4-21-9-10-31(18-21)27(33)29-24-7-5-19(2)25(17-24)22-15-23(8-6-20(3)32)28-26(16-22)30-11-13-34-14-12-30/h5,7,15-17,20-21,32H,4,9-14,18H2,1-3H3,(H,29,33)/t20-,21-/m1/s1. The molecule has 0 aliphatic carbocycles. The predicted octanol–water partition coefficient (Wildman–Crippen LogP) is 3.89. The first-order valence-corrected chi connectivity index (χ1v) is 12.1. The normalized spacial score (nSPS) is 18.9. The van der Waals surface area contributed by atoms with Crippen LogP contribution < -0.4 is 10.2 Å². The number of pyridine rings is 1. The number of amides is 2. The molecule has 3 heterocycles. The van der Waals surface area contributed by atoms with Crippen molar-refractivity contribution in [3.05, 3.63) is 41.6 Å².